The van der Waals surface area contributed by atoms with Gasteiger partial charge in [-0.2, -0.15) is 0 Å². The van der Waals surface area contributed by atoms with Gasteiger partial charge in [-0.25, -0.2) is 4.99 Å². The molecule has 1 aromatic rings. The van der Waals surface area contributed by atoms with E-state index in [1.807, 2.05) is 25.1 Å². The second-order valence-electron chi connectivity index (χ2n) is 7.55. The molecule has 1 amide bonds. The van der Waals surface area contributed by atoms with Crippen LogP contribution in [0, 0.1) is 0 Å². The number of nitrogens with one attached hydrogen (secondary N) is 3. The average molecular weight is 390 g/mol. The zero-order valence-corrected chi connectivity index (χ0v) is 17.5. The van der Waals surface area contributed by atoms with Crippen LogP contribution in [-0.2, 0) is 16.0 Å². The summed E-state index contributed by atoms with van der Waals surface area (Å²) in [6.07, 6.45) is 0.822. The Morgan fingerprint density at radius 3 is 2.54 bits per heavy atom. The predicted molar refractivity (Wildman–Crippen MR) is 114 cm³/mol. The molecule has 0 atom stereocenters. The number of aliphatic imine (C=N–C) groups is 1. The van der Waals surface area contributed by atoms with Gasteiger partial charge in [0, 0.05) is 38.3 Å². The Labute approximate surface area is 168 Å². The molecule has 1 aliphatic rings. The molecule has 0 bridgehead atoms. The number of hydrogen-bond acceptors (Lipinski definition) is 4. The third-order valence-electron chi connectivity index (χ3n) is 4.86. The highest BCUT2D eigenvalue weighted by molar-refractivity contribution is 5.84. The summed E-state index contributed by atoms with van der Waals surface area (Å²) in [5.41, 5.74) is 1.20. The lowest BCUT2D eigenvalue weighted by atomic mass is 10.0. The molecule has 0 spiro atoms. The Hall–Kier alpha value is -2.12. The van der Waals surface area contributed by atoms with Gasteiger partial charge in [0.2, 0.25) is 5.91 Å². The minimum atomic E-state index is -0.0689. The van der Waals surface area contributed by atoms with Gasteiger partial charge in [0.1, 0.15) is 6.54 Å². The molecule has 0 aliphatic carbocycles. The zero-order valence-electron chi connectivity index (χ0n) is 17.5. The van der Waals surface area contributed by atoms with E-state index in [4.69, 9.17) is 4.74 Å². The largest absolute Gasteiger partial charge is 0.379 e. The fourth-order valence-electron chi connectivity index (χ4n) is 3.12. The maximum atomic E-state index is 12.1. The number of benzene rings is 1. The lowest BCUT2D eigenvalue weighted by molar-refractivity contribution is -0.119. The molecule has 7 nitrogen and oxygen atoms in total. The van der Waals surface area contributed by atoms with Crippen LogP contribution < -0.4 is 16.0 Å². The molecular weight excluding hydrogens is 354 g/mol. The monoisotopic (exact) mass is 389 g/mol. The molecule has 3 N–H and O–H groups in total. The minimum Gasteiger partial charge on any atom is -0.379 e. The standard InChI is InChI=1S/C21H35N5O2/c1-4-22-20(25-17-21(2,3)26-12-14-28-15-13-26)24-16-19(27)23-11-10-18-8-6-5-7-9-18/h5-9H,4,10-17H2,1-3H3,(H,23,27)(H2,22,24,25). The van der Waals surface area contributed by atoms with Crippen LogP contribution in [0.15, 0.2) is 35.3 Å². The minimum absolute atomic E-state index is 0.0160. The van der Waals surface area contributed by atoms with E-state index in [-0.39, 0.29) is 18.0 Å². The van der Waals surface area contributed by atoms with E-state index in [0.29, 0.717) is 12.5 Å². The van der Waals surface area contributed by atoms with Crippen molar-refractivity contribution in [3.8, 4) is 0 Å². The number of morpholine rings is 1. The Morgan fingerprint density at radius 1 is 1.14 bits per heavy atom. The summed E-state index contributed by atoms with van der Waals surface area (Å²) < 4.78 is 5.44. The quantitative estimate of drug-likeness (QED) is 0.434. The van der Waals surface area contributed by atoms with Crippen molar-refractivity contribution in [2.24, 2.45) is 4.99 Å². The lowest BCUT2D eigenvalue weighted by Crippen LogP contribution is -2.56. The molecule has 1 aromatic carbocycles. The second kappa shape index (κ2) is 11.7. The molecular formula is C21H35N5O2. The first-order chi connectivity index (χ1) is 13.5. The predicted octanol–water partition coefficient (Wildman–Crippen LogP) is 1.01. The number of carbonyl (C=O) groups is 1. The van der Waals surface area contributed by atoms with Crippen LogP contribution in [-0.4, -0.2) is 74.8 Å². The molecule has 28 heavy (non-hydrogen) atoms. The lowest BCUT2D eigenvalue weighted by Gasteiger charge is -2.41. The van der Waals surface area contributed by atoms with Crippen molar-refractivity contribution in [2.45, 2.75) is 32.7 Å². The molecule has 1 fully saturated rings. The Bertz CT molecular complexity index is 612. The first-order valence-corrected chi connectivity index (χ1v) is 10.2. The number of nitrogens with zero attached hydrogens (tertiary/aromatic N) is 2. The van der Waals surface area contributed by atoms with Gasteiger partial charge in [-0.15, -0.1) is 0 Å². The normalized spacial score (nSPS) is 15.9. The molecule has 0 aromatic heterocycles. The van der Waals surface area contributed by atoms with Crippen molar-refractivity contribution in [3.05, 3.63) is 35.9 Å². The second-order valence-corrected chi connectivity index (χ2v) is 7.55. The van der Waals surface area contributed by atoms with Gasteiger partial charge >= 0.3 is 0 Å². The van der Waals surface area contributed by atoms with Gasteiger partial charge in [0.05, 0.1) is 13.2 Å². The molecule has 2 rings (SSSR count). The fourth-order valence-corrected chi connectivity index (χ4v) is 3.12. The molecule has 7 heteroatoms. The SMILES string of the molecule is CCNC(=NCC(=O)NCCc1ccccc1)NCC(C)(C)N1CCOCC1. The van der Waals surface area contributed by atoms with E-state index in [0.717, 1.165) is 45.8 Å². The van der Waals surface area contributed by atoms with Crippen molar-refractivity contribution in [1.82, 2.24) is 20.9 Å². The first kappa shape index (κ1) is 22.2. The number of guanidine groups is 1. The van der Waals surface area contributed by atoms with Crippen LogP contribution in [0.2, 0.25) is 0 Å². The maximum Gasteiger partial charge on any atom is 0.241 e. The number of amides is 1. The molecule has 0 radical (unpaired) electrons. The molecule has 1 heterocycles. The van der Waals surface area contributed by atoms with Crippen molar-refractivity contribution in [1.29, 1.82) is 0 Å². The highest BCUT2D eigenvalue weighted by Gasteiger charge is 2.28. The number of hydrogen-bond donors (Lipinski definition) is 3. The summed E-state index contributed by atoms with van der Waals surface area (Å²) >= 11 is 0. The van der Waals surface area contributed by atoms with E-state index in [1.165, 1.54) is 5.56 Å². The van der Waals surface area contributed by atoms with E-state index in [2.05, 4.69) is 51.8 Å². The van der Waals surface area contributed by atoms with Gasteiger partial charge in [0.25, 0.3) is 0 Å². The Kier molecular flexibility index (Phi) is 9.23. The van der Waals surface area contributed by atoms with E-state index < -0.39 is 0 Å². The van der Waals surface area contributed by atoms with Crippen molar-refractivity contribution in [2.75, 3.05) is 52.5 Å². The van der Waals surface area contributed by atoms with Gasteiger partial charge in [-0.1, -0.05) is 30.3 Å². The van der Waals surface area contributed by atoms with Crippen LogP contribution in [0.4, 0.5) is 0 Å². The molecule has 0 saturated carbocycles. The van der Waals surface area contributed by atoms with Gasteiger partial charge in [0.15, 0.2) is 5.96 Å². The Morgan fingerprint density at radius 2 is 1.86 bits per heavy atom. The highest BCUT2D eigenvalue weighted by atomic mass is 16.5. The molecule has 1 aliphatic heterocycles. The van der Waals surface area contributed by atoms with Crippen molar-refractivity contribution < 1.29 is 9.53 Å². The smallest absolute Gasteiger partial charge is 0.241 e. The fraction of sp³-hybridized carbons (Fsp3) is 0.619. The van der Waals surface area contributed by atoms with E-state index in [9.17, 15) is 4.79 Å². The van der Waals surface area contributed by atoms with Crippen molar-refractivity contribution in [3.63, 3.8) is 0 Å². The summed E-state index contributed by atoms with van der Waals surface area (Å²) in [5, 5.41) is 9.51. The first-order valence-electron chi connectivity index (χ1n) is 10.2. The summed E-state index contributed by atoms with van der Waals surface area (Å²) in [6.45, 7) is 12.1. The Balaban J connectivity index is 1.76. The zero-order chi connectivity index (χ0) is 20.2. The van der Waals surface area contributed by atoms with Crippen LogP contribution in [0.1, 0.15) is 26.3 Å². The topological polar surface area (TPSA) is 78.0 Å². The van der Waals surface area contributed by atoms with Gasteiger partial charge in [-0.3, -0.25) is 9.69 Å². The van der Waals surface area contributed by atoms with Crippen molar-refractivity contribution >= 4 is 11.9 Å². The van der Waals surface area contributed by atoms with Crippen LogP contribution in [0.25, 0.3) is 0 Å². The average Bonchev–Trinajstić information content (AvgIpc) is 2.71. The third kappa shape index (κ3) is 7.86. The molecule has 0 unspecified atom stereocenters. The van der Waals surface area contributed by atoms with E-state index >= 15 is 0 Å². The number of carbonyl (C=O) groups excluding carboxylic acids is 1. The van der Waals surface area contributed by atoms with E-state index in [1.54, 1.807) is 0 Å². The highest BCUT2D eigenvalue weighted by Crippen LogP contribution is 2.14. The number of rotatable bonds is 9. The maximum absolute atomic E-state index is 12.1. The summed E-state index contributed by atoms with van der Waals surface area (Å²) in [4.78, 5) is 18.9. The summed E-state index contributed by atoms with van der Waals surface area (Å²) in [5.74, 6) is 0.600. The molecule has 1 saturated heterocycles. The molecule has 156 valence electrons. The van der Waals surface area contributed by atoms with Crippen LogP contribution >= 0.6 is 0 Å². The number of ether oxygens (including phenoxy) is 1. The summed E-state index contributed by atoms with van der Waals surface area (Å²) in [6, 6.07) is 10.1. The van der Waals surface area contributed by atoms with Crippen LogP contribution in [0.3, 0.4) is 0 Å². The van der Waals surface area contributed by atoms with Crippen LogP contribution in [0.5, 0.6) is 0 Å². The third-order valence-corrected chi connectivity index (χ3v) is 4.86. The van der Waals surface area contributed by atoms with Gasteiger partial charge in [-0.05, 0) is 32.8 Å². The summed E-state index contributed by atoms with van der Waals surface area (Å²) in [7, 11) is 0. The van der Waals surface area contributed by atoms with Gasteiger partial charge < -0.3 is 20.7 Å².